The van der Waals surface area contributed by atoms with Gasteiger partial charge < -0.3 is 9.52 Å². The van der Waals surface area contributed by atoms with Gasteiger partial charge in [-0.05, 0) is 12.3 Å². The van der Waals surface area contributed by atoms with Crippen LogP contribution in [-0.2, 0) is 6.42 Å². The Bertz CT molecular complexity index is 339. The summed E-state index contributed by atoms with van der Waals surface area (Å²) in [7, 11) is 0. The standard InChI is InChI=1S/C11H15NO3/c13-11(14)9-7-15-10(12-9)6-5-8-3-1-2-4-8/h7-8H,1-6H2,(H,13,14). The molecule has 82 valence electrons. The van der Waals surface area contributed by atoms with E-state index in [0.717, 1.165) is 18.8 Å². The number of carboxylic acids is 1. The SMILES string of the molecule is O=C(O)c1coc(CCC2CCCC2)n1. The Morgan fingerprint density at radius 1 is 1.53 bits per heavy atom. The van der Waals surface area contributed by atoms with Crippen molar-refractivity contribution in [1.29, 1.82) is 0 Å². The van der Waals surface area contributed by atoms with Crippen LogP contribution in [0, 0.1) is 5.92 Å². The molecule has 0 aromatic carbocycles. The van der Waals surface area contributed by atoms with E-state index < -0.39 is 5.97 Å². The van der Waals surface area contributed by atoms with Crippen molar-refractivity contribution in [3.8, 4) is 0 Å². The zero-order chi connectivity index (χ0) is 10.7. The maximum Gasteiger partial charge on any atom is 0.357 e. The Morgan fingerprint density at radius 2 is 2.27 bits per heavy atom. The summed E-state index contributed by atoms with van der Waals surface area (Å²) in [5.74, 6) is 0.315. The maximum atomic E-state index is 10.6. The Labute approximate surface area is 88.3 Å². The second-order valence-electron chi connectivity index (χ2n) is 4.12. The summed E-state index contributed by atoms with van der Waals surface area (Å²) in [6.07, 6.45) is 8.30. The van der Waals surface area contributed by atoms with Crippen LogP contribution in [0.5, 0.6) is 0 Å². The number of carbonyl (C=O) groups is 1. The third-order valence-electron chi connectivity index (χ3n) is 3.01. The second kappa shape index (κ2) is 4.47. The zero-order valence-corrected chi connectivity index (χ0v) is 8.61. The van der Waals surface area contributed by atoms with Gasteiger partial charge in [-0.3, -0.25) is 0 Å². The molecule has 2 rings (SSSR count). The molecule has 0 saturated heterocycles. The zero-order valence-electron chi connectivity index (χ0n) is 8.61. The quantitative estimate of drug-likeness (QED) is 0.827. The van der Waals surface area contributed by atoms with Gasteiger partial charge in [-0.2, -0.15) is 0 Å². The highest BCUT2D eigenvalue weighted by molar-refractivity contribution is 5.84. The molecule has 0 bridgehead atoms. The maximum absolute atomic E-state index is 10.6. The average molecular weight is 209 g/mol. The molecule has 0 amide bonds. The van der Waals surface area contributed by atoms with Crippen LogP contribution >= 0.6 is 0 Å². The van der Waals surface area contributed by atoms with Crippen LogP contribution in [0.15, 0.2) is 10.7 Å². The van der Waals surface area contributed by atoms with Crippen LogP contribution in [0.3, 0.4) is 0 Å². The van der Waals surface area contributed by atoms with E-state index in [1.54, 1.807) is 0 Å². The molecule has 4 nitrogen and oxygen atoms in total. The van der Waals surface area contributed by atoms with Crippen LogP contribution in [0.25, 0.3) is 0 Å². The molecule has 1 aliphatic rings. The lowest BCUT2D eigenvalue weighted by Crippen LogP contribution is -1.99. The molecule has 0 atom stereocenters. The Balaban J connectivity index is 1.84. The molecule has 1 heterocycles. The van der Waals surface area contributed by atoms with E-state index in [1.807, 2.05) is 0 Å². The lowest BCUT2D eigenvalue weighted by molar-refractivity contribution is 0.0690. The molecule has 0 unspecified atom stereocenters. The van der Waals surface area contributed by atoms with Crippen molar-refractivity contribution in [2.75, 3.05) is 0 Å². The Morgan fingerprint density at radius 3 is 2.87 bits per heavy atom. The van der Waals surface area contributed by atoms with Gasteiger partial charge in [0.2, 0.25) is 0 Å². The monoisotopic (exact) mass is 209 g/mol. The van der Waals surface area contributed by atoms with Crippen molar-refractivity contribution in [1.82, 2.24) is 4.98 Å². The number of carboxylic acid groups (broad SMARTS) is 1. The van der Waals surface area contributed by atoms with E-state index in [2.05, 4.69) is 4.98 Å². The van der Waals surface area contributed by atoms with Crippen molar-refractivity contribution < 1.29 is 14.3 Å². The molecule has 0 radical (unpaired) electrons. The Hall–Kier alpha value is -1.32. The van der Waals surface area contributed by atoms with Crippen LogP contribution < -0.4 is 0 Å². The number of hydrogen-bond acceptors (Lipinski definition) is 3. The lowest BCUT2D eigenvalue weighted by Gasteiger charge is -2.05. The van der Waals surface area contributed by atoms with Crippen LogP contribution in [0.2, 0.25) is 0 Å². The van der Waals surface area contributed by atoms with Gasteiger partial charge in [0.1, 0.15) is 6.26 Å². The first kappa shape index (κ1) is 10.2. The highest BCUT2D eigenvalue weighted by atomic mass is 16.4. The van der Waals surface area contributed by atoms with Gasteiger partial charge in [0, 0.05) is 6.42 Å². The fraction of sp³-hybridized carbons (Fsp3) is 0.636. The first-order chi connectivity index (χ1) is 7.25. The molecule has 0 spiro atoms. The molecule has 1 fully saturated rings. The minimum atomic E-state index is -1.02. The predicted molar refractivity (Wildman–Crippen MR) is 53.7 cm³/mol. The van der Waals surface area contributed by atoms with Crippen molar-refractivity contribution in [2.24, 2.45) is 5.92 Å². The smallest absolute Gasteiger partial charge is 0.357 e. The highest BCUT2D eigenvalue weighted by Gasteiger charge is 2.16. The third-order valence-corrected chi connectivity index (χ3v) is 3.01. The van der Waals surface area contributed by atoms with Gasteiger partial charge in [0.05, 0.1) is 0 Å². The number of nitrogens with zero attached hydrogens (tertiary/aromatic N) is 1. The summed E-state index contributed by atoms with van der Waals surface area (Å²) in [5, 5.41) is 8.66. The molecular weight excluding hydrogens is 194 g/mol. The fourth-order valence-corrected chi connectivity index (χ4v) is 2.15. The van der Waals surface area contributed by atoms with Crippen molar-refractivity contribution >= 4 is 5.97 Å². The summed E-state index contributed by atoms with van der Waals surface area (Å²) in [5.41, 5.74) is 0.0106. The molecular formula is C11H15NO3. The van der Waals surface area contributed by atoms with E-state index in [0.29, 0.717) is 5.89 Å². The van der Waals surface area contributed by atoms with Crippen LogP contribution in [0.1, 0.15) is 48.5 Å². The van der Waals surface area contributed by atoms with Crippen molar-refractivity contribution in [3.05, 3.63) is 17.8 Å². The first-order valence-electron chi connectivity index (χ1n) is 5.43. The fourth-order valence-electron chi connectivity index (χ4n) is 2.15. The number of rotatable bonds is 4. The predicted octanol–water partition coefficient (Wildman–Crippen LogP) is 2.50. The van der Waals surface area contributed by atoms with Gasteiger partial charge in [-0.25, -0.2) is 9.78 Å². The molecule has 0 aliphatic heterocycles. The first-order valence-corrected chi connectivity index (χ1v) is 5.43. The van der Waals surface area contributed by atoms with Gasteiger partial charge in [0.15, 0.2) is 11.6 Å². The van der Waals surface area contributed by atoms with E-state index in [-0.39, 0.29) is 5.69 Å². The number of aromatic carboxylic acids is 1. The van der Waals surface area contributed by atoms with Gasteiger partial charge in [0.25, 0.3) is 0 Å². The molecule has 4 heteroatoms. The normalized spacial score (nSPS) is 17.1. The topological polar surface area (TPSA) is 63.3 Å². The molecule has 1 saturated carbocycles. The van der Waals surface area contributed by atoms with E-state index >= 15 is 0 Å². The summed E-state index contributed by atoms with van der Waals surface area (Å²) in [4.78, 5) is 14.5. The minimum Gasteiger partial charge on any atom is -0.476 e. The Kier molecular flexibility index (Phi) is 3.04. The number of aromatic nitrogens is 1. The van der Waals surface area contributed by atoms with Gasteiger partial charge in [-0.15, -0.1) is 0 Å². The molecule has 1 aliphatic carbocycles. The lowest BCUT2D eigenvalue weighted by atomic mass is 10.0. The van der Waals surface area contributed by atoms with E-state index in [1.165, 1.54) is 31.9 Å². The van der Waals surface area contributed by atoms with Crippen LogP contribution in [-0.4, -0.2) is 16.1 Å². The average Bonchev–Trinajstić information content (AvgIpc) is 2.86. The number of oxazole rings is 1. The van der Waals surface area contributed by atoms with E-state index in [4.69, 9.17) is 9.52 Å². The molecule has 1 N–H and O–H groups in total. The largest absolute Gasteiger partial charge is 0.476 e. The molecule has 1 aromatic heterocycles. The van der Waals surface area contributed by atoms with Gasteiger partial charge in [-0.1, -0.05) is 25.7 Å². The third kappa shape index (κ3) is 2.58. The summed E-state index contributed by atoms with van der Waals surface area (Å²) < 4.78 is 5.09. The minimum absolute atomic E-state index is 0.0106. The molecule has 1 aromatic rings. The number of aryl methyl sites for hydroxylation is 1. The second-order valence-corrected chi connectivity index (χ2v) is 4.12. The van der Waals surface area contributed by atoms with Crippen molar-refractivity contribution in [2.45, 2.75) is 38.5 Å². The van der Waals surface area contributed by atoms with E-state index in [9.17, 15) is 4.79 Å². The van der Waals surface area contributed by atoms with Gasteiger partial charge >= 0.3 is 5.97 Å². The highest BCUT2D eigenvalue weighted by Crippen LogP contribution is 2.28. The number of hydrogen-bond donors (Lipinski definition) is 1. The van der Waals surface area contributed by atoms with Crippen molar-refractivity contribution in [3.63, 3.8) is 0 Å². The summed E-state index contributed by atoms with van der Waals surface area (Å²) in [6, 6.07) is 0. The van der Waals surface area contributed by atoms with Crippen LogP contribution in [0.4, 0.5) is 0 Å². The molecule has 15 heavy (non-hydrogen) atoms. The summed E-state index contributed by atoms with van der Waals surface area (Å²) in [6.45, 7) is 0. The summed E-state index contributed by atoms with van der Waals surface area (Å²) >= 11 is 0.